The first kappa shape index (κ1) is 39.2. The second-order valence-electron chi connectivity index (χ2n) is 16.1. The number of carbonyl (C=O) groups excluding carboxylic acids is 4. The molecule has 5 aromatic rings. The van der Waals surface area contributed by atoms with Crippen LogP contribution in [0.2, 0.25) is 0 Å². The van der Waals surface area contributed by atoms with Gasteiger partial charge in [0.1, 0.15) is 11.8 Å². The van der Waals surface area contributed by atoms with E-state index in [0.717, 1.165) is 92.8 Å². The van der Waals surface area contributed by atoms with Gasteiger partial charge in [0, 0.05) is 97.3 Å². The molecule has 2 saturated heterocycles. The molecule has 8 rings (SSSR count). The van der Waals surface area contributed by atoms with Crippen molar-refractivity contribution >= 4 is 45.9 Å². The number of nitrogens with one attached hydrogen (secondary N) is 1. The van der Waals surface area contributed by atoms with Gasteiger partial charge in [0.15, 0.2) is 0 Å². The third-order valence-electron chi connectivity index (χ3n) is 11.9. The normalized spacial score (nSPS) is 17.9. The van der Waals surface area contributed by atoms with Crippen LogP contribution in [0.3, 0.4) is 0 Å². The average molecular weight is 787 g/mol. The topological polar surface area (TPSA) is 145 Å². The molecule has 4 amide bonds. The van der Waals surface area contributed by atoms with E-state index in [1.54, 1.807) is 25.1 Å². The molecule has 3 aliphatic rings. The molecule has 13 nitrogen and oxygen atoms in total. The maximum Gasteiger partial charge on any atom is 0.261 e. The number of aromatic nitrogens is 3. The molecule has 13 heteroatoms. The predicted molar refractivity (Wildman–Crippen MR) is 218 cm³/mol. The van der Waals surface area contributed by atoms with E-state index in [0.29, 0.717) is 41.2 Å². The lowest BCUT2D eigenvalue weighted by atomic mass is 9.61. The number of benzene rings is 2. The molecule has 302 valence electrons. The fraction of sp³-hybridized carbons (Fsp3) is 0.422. The van der Waals surface area contributed by atoms with Crippen molar-refractivity contribution in [2.45, 2.75) is 70.4 Å². The number of carbonyl (C=O) groups is 4. The number of imide groups is 2. The molecule has 1 saturated carbocycles. The van der Waals surface area contributed by atoms with E-state index in [1.807, 2.05) is 30.7 Å². The summed E-state index contributed by atoms with van der Waals surface area (Å²) >= 11 is 0. The number of fused-ring (bicyclic) bond motifs is 3. The molecule has 1 unspecified atom stereocenters. The Hall–Kier alpha value is -5.66. The van der Waals surface area contributed by atoms with Crippen LogP contribution >= 0.6 is 0 Å². The SMILES string of the molecule is Cc1cc(OC2CC3(C2)CN(CCCCOCCCCOc2ccc(-c4ccc5c6cnccc6n(C)c5c4)cn2)C3)ccc1C(=O)N(C=O)C1CCC(=O)NC1=O. The predicted octanol–water partition coefficient (Wildman–Crippen LogP) is 6.00. The van der Waals surface area contributed by atoms with Crippen LogP contribution in [0.5, 0.6) is 11.6 Å². The Balaban J connectivity index is 0.662. The smallest absolute Gasteiger partial charge is 0.261 e. The Morgan fingerprint density at radius 3 is 2.48 bits per heavy atom. The summed E-state index contributed by atoms with van der Waals surface area (Å²) in [4.78, 5) is 60.9. The van der Waals surface area contributed by atoms with Gasteiger partial charge in [-0.1, -0.05) is 12.1 Å². The Bertz CT molecular complexity index is 2310. The van der Waals surface area contributed by atoms with Crippen LogP contribution in [0.25, 0.3) is 32.9 Å². The number of amides is 4. The van der Waals surface area contributed by atoms with E-state index in [9.17, 15) is 19.2 Å². The lowest BCUT2D eigenvalue weighted by Crippen LogP contribution is -2.64. The number of hydrogen-bond acceptors (Lipinski definition) is 10. The number of aryl methyl sites for hydroxylation is 2. The van der Waals surface area contributed by atoms with E-state index >= 15 is 0 Å². The molecule has 1 spiro atoms. The minimum absolute atomic E-state index is 0.0794. The number of pyridine rings is 2. The maximum atomic E-state index is 13.2. The van der Waals surface area contributed by atoms with Crippen LogP contribution in [-0.2, 0) is 26.2 Å². The zero-order valence-corrected chi connectivity index (χ0v) is 33.2. The van der Waals surface area contributed by atoms with Crippen LogP contribution in [-0.4, -0.2) is 100 Å². The zero-order chi connectivity index (χ0) is 40.2. The van der Waals surface area contributed by atoms with E-state index in [2.05, 4.69) is 56.1 Å². The monoisotopic (exact) mass is 786 g/mol. The zero-order valence-electron chi connectivity index (χ0n) is 33.2. The number of ether oxygens (including phenoxy) is 3. The van der Waals surface area contributed by atoms with E-state index < -0.39 is 23.8 Å². The summed E-state index contributed by atoms with van der Waals surface area (Å²) in [6, 6.07) is 16.7. The molecule has 3 aromatic heterocycles. The second kappa shape index (κ2) is 17.1. The van der Waals surface area contributed by atoms with Crippen LogP contribution in [0.1, 0.15) is 67.3 Å². The maximum absolute atomic E-state index is 13.2. The summed E-state index contributed by atoms with van der Waals surface area (Å²) in [7, 11) is 2.09. The molecule has 1 aliphatic carbocycles. The van der Waals surface area contributed by atoms with Crippen molar-refractivity contribution in [2.75, 3.05) is 39.5 Å². The quantitative estimate of drug-likeness (QED) is 0.0677. The Labute approximate surface area is 337 Å². The first-order chi connectivity index (χ1) is 28.2. The molecule has 1 atom stereocenters. The highest BCUT2D eigenvalue weighted by atomic mass is 16.5. The largest absolute Gasteiger partial charge is 0.490 e. The van der Waals surface area contributed by atoms with Crippen LogP contribution in [0.4, 0.5) is 0 Å². The highest BCUT2D eigenvalue weighted by Crippen LogP contribution is 2.49. The van der Waals surface area contributed by atoms with Gasteiger partial charge in [-0.15, -0.1) is 0 Å². The molecular weight excluding hydrogens is 737 g/mol. The van der Waals surface area contributed by atoms with Gasteiger partial charge < -0.3 is 23.7 Å². The van der Waals surface area contributed by atoms with Gasteiger partial charge in [-0.05, 0) is 106 Å². The molecule has 2 aliphatic heterocycles. The molecular formula is C45H50N6O7. The van der Waals surface area contributed by atoms with Gasteiger partial charge in [0.25, 0.3) is 5.91 Å². The molecule has 1 N–H and O–H groups in total. The summed E-state index contributed by atoms with van der Waals surface area (Å²) in [6.45, 7) is 7.17. The standard InChI is InChI=1S/C45H50N6O7/c1-30-21-33(9-11-35(30)44(55)51(29-52)39-12-13-41(53)48-43(39)54)58-34-23-45(24-34)27-50(28-45)17-3-4-18-56-19-5-6-20-57-42-14-8-32(25-47-42)31-7-10-36-37-26-46-16-15-38(37)49(2)40(36)22-31/h7-11,14-16,21-22,25-26,29,34,39H,3-6,12-13,17-20,23-24,27-28H2,1-2H3,(H,48,53,54). The number of hydrogen-bond donors (Lipinski definition) is 1. The lowest BCUT2D eigenvalue weighted by Gasteiger charge is -2.58. The summed E-state index contributed by atoms with van der Waals surface area (Å²) in [5.41, 5.74) is 5.82. The third-order valence-corrected chi connectivity index (χ3v) is 11.9. The minimum atomic E-state index is -1.000. The summed E-state index contributed by atoms with van der Waals surface area (Å²) in [5.74, 6) is -0.290. The van der Waals surface area contributed by atoms with Crippen LogP contribution < -0.4 is 14.8 Å². The van der Waals surface area contributed by atoms with Gasteiger partial charge in [-0.25, -0.2) is 4.98 Å². The van der Waals surface area contributed by atoms with Gasteiger partial charge in [0.05, 0.1) is 18.2 Å². The highest BCUT2D eigenvalue weighted by Gasteiger charge is 2.53. The number of piperidine rings is 1. The fourth-order valence-electron chi connectivity index (χ4n) is 8.79. The van der Waals surface area contributed by atoms with Crippen LogP contribution in [0.15, 0.2) is 73.2 Å². The van der Waals surface area contributed by atoms with Gasteiger partial charge >= 0.3 is 0 Å². The van der Waals surface area contributed by atoms with Crippen molar-refractivity contribution in [2.24, 2.45) is 12.5 Å². The minimum Gasteiger partial charge on any atom is -0.490 e. The summed E-state index contributed by atoms with van der Waals surface area (Å²) in [6.07, 6.45) is 12.3. The highest BCUT2D eigenvalue weighted by molar-refractivity contribution is 6.09. The summed E-state index contributed by atoms with van der Waals surface area (Å²) < 4.78 is 20.2. The molecule has 58 heavy (non-hydrogen) atoms. The number of likely N-dealkylation sites (tertiary alicyclic amines) is 1. The van der Waals surface area contributed by atoms with E-state index in [1.165, 1.54) is 16.4 Å². The Kier molecular flexibility index (Phi) is 11.5. The van der Waals surface area contributed by atoms with Crippen molar-refractivity contribution < 1.29 is 33.4 Å². The van der Waals surface area contributed by atoms with Gasteiger partial charge in [0.2, 0.25) is 24.1 Å². The molecule has 0 radical (unpaired) electrons. The number of nitrogens with zero attached hydrogens (tertiary/aromatic N) is 5. The third kappa shape index (κ3) is 8.32. The number of rotatable bonds is 17. The Morgan fingerprint density at radius 1 is 0.931 bits per heavy atom. The second-order valence-corrected chi connectivity index (χ2v) is 16.1. The molecule has 5 heterocycles. The van der Waals surface area contributed by atoms with Crippen molar-refractivity contribution in [3.63, 3.8) is 0 Å². The molecule has 3 fully saturated rings. The Morgan fingerprint density at radius 2 is 1.72 bits per heavy atom. The summed E-state index contributed by atoms with van der Waals surface area (Å²) in [5, 5.41) is 4.55. The average Bonchev–Trinajstić information content (AvgIpc) is 3.48. The van der Waals surface area contributed by atoms with E-state index in [4.69, 9.17) is 14.2 Å². The first-order valence-corrected chi connectivity index (χ1v) is 20.3. The van der Waals surface area contributed by atoms with E-state index in [-0.39, 0.29) is 18.9 Å². The first-order valence-electron chi connectivity index (χ1n) is 20.3. The molecule has 2 aromatic carbocycles. The van der Waals surface area contributed by atoms with Crippen molar-refractivity contribution in [1.82, 2.24) is 29.7 Å². The molecule has 0 bridgehead atoms. The van der Waals surface area contributed by atoms with Crippen molar-refractivity contribution in [3.8, 4) is 22.8 Å². The van der Waals surface area contributed by atoms with Gasteiger partial charge in [-0.2, -0.15) is 0 Å². The van der Waals surface area contributed by atoms with Crippen LogP contribution in [0, 0.1) is 12.3 Å². The van der Waals surface area contributed by atoms with Crippen molar-refractivity contribution in [3.05, 3.63) is 84.3 Å². The number of unbranched alkanes of at least 4 members (excludes halogenated alkanes) is 2. The lowest BCUT2D eigenvalue weighted by molar-refractivity contribution is -0.139. The fourth-order valence-corrected chi connectivity index (χ4v) is 8.79. The van der Waals surface area contributed by atoms with Crippen molar-refractivity contribution in [1.29, 1.82) is 0 Å². The van der Waals surface area contributed by atoms with Gasteiger partial charge in [-0.3, -0.25) is 34.4 Å².